The standard InChI is InChI=1S/C15H22N2OS/c1-15(9-16,10-6-7-10)17-14(18)12-8-19-13-5-3-2-4-11(12)13/h8,10H,2-7,9,16H2,1H3,(H,17,18). The number of carbonyl (C=O) groups is 1. The highest BCUT2D eigenvalue weighted by Crippen LogP contribution is 2.39. The number of thiophene rings is 1. The van der Waals surface area contributed by atoms with E-state index in [-0.39, 0.29) is 11.4 Å². The smallest absolute Gasteiger partial charge is 0.252 e. The summed E-state index contributed by atoms with van der Waals surface area (Å²) >= 11 is 1.75. The fourth-order valence-corrected chi connectivity index (χ4v) is 4.18. The van der Waals surface area contributed by atoms with Gasteiger partial charge in [-0.3, -0.25) is 4.79 Å². The molecular formula is C15H22N2OS. The van der Waals surface area contributed by atoms with Crippen molar-refractivity contribution in [1.82, 2.24) is 5.32 Å². The molecule has 0 aromatic carbocycles. The Balaban J connectivity index is 1.78. The van der Waals surface area contributed by atoms with Crippen LogP contribution in [0.5, 0.6) is 0 Å². The van der Waals surface area contributed by atoms with Crippen molar-refractivity contribution in [3.63, 3.8) is 0 Å². The zero-order valence-electron chi connectivity index (χ0n) is 11.5. The first-order chi connectivity index (χ1) is 9.14. The van der Waals surface area contributed by atoms with Crippen LogP contribution in [0.1, 0.15) is 53.4 Å². The molecule has 0 spiro atoms. The molecule has 4 heteroatoms. The second-order valence-corrected chi connectivity index (χ2v) is 7.07. The highest BCUT2D eigenvalue weighted by atomic mass is 32.1. The minimum atomic E-state index is -0.222. The second-order valence-electron chi connectivity index (χ2n) is 6.11. The molecule has 19 heavy (non-hydrogen) atoms. The van der Waals surface area contributed by atoms with Crippen molar-refractivity contribution in [2.45, 2.75) is 51.0 Å². The molecule has 104 valence electrons. The van der Waals surface area contributed by atoms with E-state index in [0.717, 1.165) is 18.4 Å². The van der Waals surface area contributed by atoms with Crippen LogP contribution < -0.4 is 11.1 Å². The summed E-state index contributed by atoms with van der Waals surface area (Å²) in [6.07, 6.45) is 7.05. The molecule has 1 saturated carbocycles. The maximum Gasteiger partial charge on any atom is 0.252 e. The van der Waals surface area contributed by atoms with E-state index in [1.165, 1.54) is 36.1 Å². The Bertz CT molecular complexity index is 492. The normalized spacial score (nSPS) is 21.6. The molecule has 0 aliphatic heterocycles. The molecular weight excluding hydrogens is 256 g/mol. The zero-order chi connectivity index (χ0) is 13.5. The van der Waals surface area contributed by atoms with E-state index in [4.69, 9.17) is 5.73 Å². The van der Waals surface area contributed by atoms with Crippen LogP contribution in [-0.2, 0) is 12.8 Å². The van der Waals surface area contributed by atoms with Crippen molar-refractivity contribution in [3.05, 3.63) is 21.4 Å². The summed E-state index contributed by atoms with van der Waals surface area (Å²) in [5, 5.41) is 5.24. The van der Waals surface area contributed by atoms with Crippen LogP contribution in [0.4, 0.5) is 0 Å². The van der Waals surface area contributed by atoms with Crippen molar-refractivity contribution in [1.29, 1.82) is 0 Å². The first kappa shape index (κ1) is 13.1. The van der Waals surface area contributed by atoms with E-state index in [9.17, 15) is 4.79 Å². The van der Waals surface area contributed by atoms with Crippen LogP contribution in [0.15, 0.2) is 5.38 Å². The molecule has 2 aliphatic rings. The number of rotatable bonds is 4. The summed E-state index contributed by atoms with van der Waals surface area (Å²) in [6, 6.07) is 0. The number of hydrogen-bond donors (Lipinski definition) is 2. The van der Waals surface area contributed by atoms with Gasteiger partial charge in [-0.05, 0) is 56.9 Å². The Hall–Kier alpha value is -0.870. The lowest BCUT2D eigenvalue weighted by molar-refractivity contribution is 0.0897. The number of amides is 1. The summed E-state index contributed by atoms with van der Waals surface area (Å²) in [5.41, 5.74) is 7.85. The molecule has 0 saturated heterocycles. The van der Waals surface area contributed by atoms with E-state index < -0.39 is 0 Å². The minimum absolute atomic E-state index is 0.0826. The summed E-state index contributed by atoms with van der Waals surface area (Å²) in [4.78, 5) is 13.9. The molecule has 1 atom stereocenters. The Morgan fingerprint density at radius 3 is 2.89 bits per heavy atom. The van der Waals surface area contributed by atoms with Gasteiger partial charge >= 0.3 is 0 Å². The Morgan fingerprint density at radius 2 is 2.21 bits per heavy atom. The van der Waals surface area contributed by atoms with Gasteiger partial charge in [0, 0.05) is 16.8 Å². The Kier molecular flexibility index (Phi) is 3.39. The highest BCUT2D eigenvalue weighted by molar-refractivity contribution is 7.10. The van der Waals surface area contributed by atoms with E-state index in [1.54, 1.807) is 11.3 Å². The molecule has 3 nitrogen and oxygen atoms in total. The lowest BCUT2D eigenvalue weighted by Gasteiger charge is -2.29. The predicted molar refractivity (Wildman–Crippen MR) is 78.6 cm³/mol. The topological polar surface area (TPSA) is 55.1 Å². The Morgan fingerprint density at radius 1 is 1.47 bits per heavy atom. The molecule has 1 aromatic heterocycles. The number of carbonyl (C=O) groups excluding carboxylic acids is 1. The van der Waals surface area contributed by atoms with Gasteiger partial charge in [0.15, 0.2) is 0 Å². The molecule has 1 heterocycles. The van der Waals surface area contributed by atoms with Crippen molar-refractivity contribution < 1.29 is 4.79 Å². The summed E-state index contributed by atoms with van der Waals surface area (Å²) in [7, 11) is 0. The second kappa shape index (κ2) is 4.91. The van der Waals surface area contributed by atoms with Crippen LogP contribution in [0.25, 0.3) is 0 Å². The summed E-state index contributed by atoms with van der Waals surface area (Å²) in [6.45, 7) is 2.61. The first-order valence-electron chi connectivity index (χ1n) is 7.26. The monoisotopic (exact) mass is 278 g/mol. The number of aryl methyl sites for hydroxylation is 1. The van der Waals surface area contributed by atoms with Crippen LogP contribution in [0.2, 0.25) is 0 Å². The highest BCUT2D eigenvalue weighted by Gasteiger charge is 2.42. The molecule has 0 radical (unpaired) electrons. The molecule has 1 amide bonds. The molecule has 1 fully saturated rings. The third kappa shape index (κ3) is 2.43. The molecule has 0 bridgehead atoms. The summed E-state index contributed by atoms with van der Waals surface area (Å²) < 4.78 is 0. The van der Waals surface area contributed by atoms with Gasteiger partial charge in [0.2, 0.25) is 0 Å². The van der Waals surface area contributed by atoms with Gasteiger partial charge in [0.1, 0.15) is 0 Å². The maximum absolute atomic E-state index is 12.5. The van der Waals surface area contributed by atoms with Gasteiger partial charge in [0.05, 0.1) is 11.1 Å². The van der Waals surface area contributed by atoms with Gasteiger partial charge in [-0.25, -0.2) is 0 Å². The average molecular weight is 278 g/mol. The minimum Gasteiger partial charge on any atom is -0.345 e. The van der Waals surface area contributed by atoms with Gasteiger partial charge < -0.3 is 11.1 Å². The molecule has 2 aliphatic carbocycles. The maximum atomic E-state index is 12.5. The SMILES string of the molecule is CC(CN)(NC(=O)c1csc2c1CCCC2)C1CC1. The summed E-state index contributed by atoms with van der Waals surface area (Å²) in [5.74, 6) is 0.648. The van der Waals surface area contributed by atoms with Crippen molar-refractivity contribution >= 4 is 17.2 Å². The van der Waals surface area contributed by atoms with Crippen molar-refractivity contribution in [2.75, 3.05) is 6.54 Å². The molecule has 3 rings (SSSR count). The fraction of sp³-hybridized carbons (Fsp3) is 0.667. The van der Waals surface area contributed by atoms with Crippen molar-refractivity contribution in [3.8, 4) is 0 Å². The van der Waals surface area contributed by atoms with Crippen LogP contribution >= 0.6 is 11.3 Å². The molecule has 1 unspecified atom stereocenters. The van der Waals surface area contributed by atoms with Crippen LogP contribution in [-0.4, -0.2) is 18.0 Å². The molecule has 3 N–H and O–H groups in total. The van der Waals surface area contributed by atoms with Gasteiger partial charge in [-0.15, -0.1) is 11.3 Å². The quantitative estimate of drug-likeness (QED) is 0.889. The van der Waals surface area contributed by atoms with Crippen molar-refractivity contribution in [2.24, 2.45) is 11.7 Å². The largest absolute Gasteiger partial charge is 0.345 e. The lowest BCUT2D eigenvalue weighted by Crippen LogP contribution is -2.53. The zero-order valence-corrected chi connectivity index (χ0v) is 12.3. The fourth-order valence-electron chi connectivity index (χ4n) is 3.05. The van der Waals surface area contributed by atoms with Gasteiger partial charge in [-0.2, -0.15) is 0 Å². The van der Waals surface area contributed by atoms with Crippen LogP contribution in [0.3, 0.4) is 0 Å². The van der Waals surface area contributed by atoms with Gasteiger partial charge in [0.25, 0.3) is 5.91 Å². The Labute approximate surface area is 118 Å². The predicted octanol–water partition coefficient (Wildman–Crippen LogP) is 2.48. The number of nitrogens with one attached hydrogen (secondary N) is 1. The first-order valence-corrected chi connectivity index (χ1v) is 8.14. The van der Waals surface area contributed by atoms with E-state index >= 15 is 0 Å². The van der Waals surface area contributed by atoms with E-state index in [2.05, 4.69) is 12.2 Å². The van der Waals surface area contributed by atoms with E-state index in [0.29, 0.717) is 12.5 Å². The third-order valence-corrected chi connectivity index (χ3v) is 5.70. The molecule has 1 aromatic rings. The average Bonchev–Trinajstić information content (AvgIpc) is 3.19. The lowest BCUT2D eigenvalue weighted by atomic mass is 9.93. The third-order valence-electron chi connectivity index (χ3n) is 4.61. The van der Waals surface area contributed by atoms with Gasteiger partial charge in [-0.1, -0.05) is 0 Å². The number of fused-ring (bicyclic) bond motifs is 1. The van der Waals surface area contributed by atoms with E-state index in [1.807, 2.05) is 5.38 Å². The number of nitrogens with two attached hydrogens (primary N) is 1. The van der Waals surface area contributed by atoms with Crippen LogP contribution in [0, 0.1) is 5.92 Å². The number of hydrogen-bond acceptors (Lipinski definition) is 3.